The lowest BCUT2D eigenvalue weighted by Crippen LogP contribution is -1.89. The molecule has 0 atom stereocenters. The van der Waals surface area contributed by atoms with Gasteiger partial charge in [-0.1, -0.05) is 29.8 Å². The molecule has 0 aliphatic heterocycles. The van der Waals surface area contributed by atoms with E-state index in [1.807, 2.05) is 0 Å². The molecule has 0 aromatic heterocycles. The molecular weight excluding hydrogens is 150 g/mol. The van der Waals surface area contributed by atoms with Gasteiger partial charge in [0.05, 0.1) is 0 Å². The fourth-order valence-electron chi connectivity index (χ4n) is 0.892. The maximum Gasteiger partial charge on any atom is 0.169 e. The van der Waals surface area contributed by atoms with Gasteiger partial charge in [-0.15, -0.1) is 0 Å². The van der Waals surface area contributed by atoms with Crippen LogP contribution >= 0.6 is 0 Å². The molecule has 0 spiro atoms. The van der Waals surface area contributed by atoms with Crippen molar-refractivity contribution in [2.45, 2.75) is 13.5 Å². The normalized spacial score (nSPS) is 10.5. The highest BCUT2D eigenvalue weighted by Crippen LogP contribution is 2.03. The van der Waals surface area contributed by atoms with Crippen LogP contribution in [0.1, 0.15) is 11.1 Å². The molecule has 0 heterocycles. The fraction of sp³-hybridized carbons (Fsp3) is 0.300. The first-order valence-corrected chi connectivity index (χ1v) is 3.90. The predicted molar refractivity (Wildman–Crippen MR) is 50.4 cm³/mol. The van der Waals surface area contributed by atoms with Crippen LogP contribution in [0.3, 0.4) is 0 Å². The minimum absolute atomic E-state index is 0.595. The van der Waals surface area contributed by atoms with Crippen molar-refractivity contribution in [2.24, 2.45) is 4.99 Å². The van der Waals surface area contributed by atoms with Gasteiger partial charge in [-0.2, -0.15) is 0 Å². The average molecular weight is 163 g/mol. The molecule has 0 aliphatic rings. The quantitative estimate of drug-likeness (QED) is 0.494. The summed E-state index contributed by atoms with van der Waals surface area (Å²) in [5.74, 6) is 0. The molecule has 2 heteroatoms. The molecular formula is C10H13NO. The molecule has 0 N–H and O–H groups in total. The van der Waals surface area contributed by atoms with E-state index < -0.39 is 0 Å². The SMILES string of the molecule is CN=COCc1ccc(C)cc1. The van der Waals surface area contributed by atoms with Crippen LogP contribution in [0.5, 0.6) is 0 Å². The summed E-state index contributed by atoms with van der Waals surface area (Å²) in [5.41, 5.74) is 2.43. The van der Waals surface area contributed by atoms with Crippen molar-refractivity contribution in [3.8, 4) is 0 Å². The van der Waals surface area contributed by atoms with Gasteiger partial charge in [0.2, 0.25) is 0 Å². The molecule has 1 rings (SSSR count). The first kappa shape index (κ1) is 8.78. The molecule has 0 fully saturated rings. The standard InChI is InChI=1S/C10H13NO/c1-9-3-5-10(6-4-9)7-12-8-11-2/h3-6,8H,7H2,1-2H3. The molecule has 64 valence electrons. The highest BCUT2D eigenvalue weighted by Gasteiger charge is 1.89. The van der Waals surface area contributed by atoms with Crippen molar-refractivity contribution < 1.29 is 4.74 Å². The van der Waals surface area contributed by atoms with Crippen molar-refractivity contribution in [3.63, 3.8) is 0 Å². The number of hydrogen-bond acceptors (Lipinski definition) is 2. The van der Waals surface area contributed by atoms with Crippen LogP contribution in [0.15, 0.2) is 29.3 Å². The molecule has 12 heavy (non-hydrogen) atoms. The van der Waals surface area contributed by atoms with E-state index >= 15 is 0 Å². The third kappa shape index (κ3) is 2.74. The van der Waals surface area contributed by atoms with Gasteiger partial charge in [0.15, 0.2) is 6.40 Å². The molecule has 1 aromatic rings. The fourth-order valence-corrected chi connectivity index (χ4v) is 0.892. The lowest BCUT2D eigenvalue weighted by molar-refractivity contribution is 0.307. The van der Waals surface area contributed by atoms with Crippen LogP contribution in [0.2, 0.25) is 0 Å². The first-order chi connectivity index (χ1) is 5.83. The average Bonchev–Trinajstić information content (AvgIpc) is 2.09. The summed E-state index contributed by atoms with van der Waals surface area (Å²) in [4.78, 5) is 3.72. The van der Waals surface area contributed by atoms with Crippen LogP contribution in [0.4, 0.5) is 0 Å². The van der Waals surface area contributed by atoms with Gasteiger partial charge in [-0.05, 0) is 12.5 Å². The number of rotatable bonds is 3. The Balaban J connectivity index is 2.47. The Morgan fingerprint density at radius 1 is 1.33 bits per heavy atom. The summed E-state index contributed by atoms with van der Waals surface area (Å²) >= 11 is 0. The zero-order valence-corrected chi connectivity index (χ0v) is 7.45. The number of ether oxygens (including phenoxy) is 1. The molecule has 0 amide bonds. The molecule has 0 unspecified atom stereocenters. The van der Waals surface area contributed by atoms with Crippen molar-refractivity contribution >= 4 is 6.40 Å². The highest BCUT2D eigenvalue weighted by atomic mass is 16.5. The van der Waals surface area contributed by atoms with Crippen LogP contribution in [-0.4, -0.2) is 13.4 Å². The van der Waals surface area contributed by atoms with E-state index in [1.54, 1.807) is 7.05 Å². The van der Waals surface area contributed by atoms with Crippen LogP contribution in [-0.2, 0) is 11.3 Å². The Morgan fingerprint density at radius 3 is 2.58 bits per heavy atom. The Labute approximate surface area is 72.9 Å². The number of aryl methyl sites for hydroxylation is 1. The summed E-state index contributed by atoms with van der Waals surface area (Å²) in [6.45, 7) is 2.66. The van der Waals surface area contributed by atoms with Gasteiger partial charge < -0.3 is 4.74 Å². The Kier molecular flexibility index (Phi) is 3.33. The van der Waals surface area contributed by atoms with Gasteiger partial charge in [0, 0.05) is 7.05 Å². The highest BCUT2D eigenvalue weighted by molar-refractivity contribution is 5.45. The Bertz CT molecular complexity index is 251. The second-order valence-corrected chi connectivity index (χ2v) is 2.66. The lowest BCUT2D eigenvalue weighted by atomic mass is 10.2. The monoisotopic (exact) mass is 163 g/mol. The van der Waals surface area contributed by atoms with Crippen LogP contribution < -0.4 is 0 Å². The second kappa shape index (κ2) is 4.54. The number of hydrogen-bond donors (Lipinski definition) is 0. The predicted octanol–water partition coefficient (Wildman–Crippen LogP) is 2.17. The van der Waals surface area contributed by atoms with Gasteiger partial charge in [-0.25, -0.2) is 0 Å². The third-order valence-electron chi connectivity index (χ3n) is 1.55. The van der Waals surface area contributed by atoms with Crippen LogP contribution in [0, 0.1) is 6.92 Å². The minimum Gasteiger partial charge on any atom is -0.479 e. The molecule has 2 nitrogen and oxygen atoms in total. The topological polar surface area (TPSA) is 21.6 Å². The van der Waals surface area contributed by atoms with Gasteiger partial charge in [-0.3, -0.25) is 4.99 Å². The second-order valence-electron chi connectivity index (χ2n) is 2.66. The van der Waals surface area contributed by atoms with E-state index in [0.29, 0.717) is 6.61 Å². The number of nitrogens with zero attached hydrogens (tertiary/aromatic N) is 1. The summed E-state index contributed by atoms with van der Waals surface area (Å²) in [7, 11) is 1.69. The van der Waals surface area contributed by atoms with Crippen molar-refractivity contribution in [1.82, 2.24) is 0 Å². The van der Waals surface area contributed by atoms with Gasteiger partial charge >= 0.3 is 0 Å². The summed E-state index contributed by atoms with van der Waals surface area (Å²) in [6, 6.07) is 8.25. The number of benzene rings is 1. The molecule has 0 saturated heterocycles. The van der Waals surface area contributed by atoms with E-state index in [0.717, 1.165) is 0 Å². The third-order valence-corrected chi connectivity index (χ3v) is 1.55. The van der Waals surface area contributed by atoms with Gasteiger partial charge in [0.25, 0.3) is 0 Å². The minimum atomic E-state index is 0.595. The maximum atomic E-state index is 5.12. The van der Waals surface area contributed by atoms with Crippen LogP contribution in [0.25, 0.3) is 0 Å². The lowest BCUT2D eigenvalue weighted by Gasteiger charge is -2.00. The zero-order valence-electron chi connectivity index (χ0n) is 7.45. The number of aliphatic imine (C=N–C) groups is 1. The Hall–Kier alpha value is -1.31. The van der Waals surface area contributed by atoms with E-state index in [-0.39, 0.29) is 0 Å². The van der Waals surface area contributed by atoms with E-state index in [4.69, 9.17) is 4.74 Å². The largest absolute Gasteiger partial charge is 0.479 e. The molecule has 0 aliphatic carbocycles. The smallest absolute Gasteiger partial charge is 0.169 e. The Morgan fingerprint density at radius 2 is 2.00 bits per heavy atom. The molecule has 0 radical (unpaired) electrons. The van der Waals surface area contributed by atoms with Crippen molar-refractivity contribution in [3.05, 3.63) is 35.4 Å². The molecule has 1 aromatic carbocycles. The molecule has 0 saturated carbocycles. The zero-order chi connectivity index (χ0) is 8.81. The first-order valence-electron chi connectivity index (χ1n) is 3.90. The summed E-state index contributed by atoms with van der Waals surface area (Å²) < 4.78 is 5.12. The summed E-state index contributed by atoms with van der Waals surface area (Å²) in [6.07, 6.45) is 1.46. The summed E-state index contributed by atoms with van der Waals surface area (Å²) in [5, 5.41) is 0. The van der Waals surface area contributed by atoms with E-state index in [9.17, 15) is 0 Å². The van der Waals surface area contributed by atoms with E-state index in [1.165, 1.54) is 17.5 Å². The van der Waals surface area contributed by atoms with Crippen molar-refractivity contribution in [2.75, 3.05) is 7.05 Å². The van der Waals surface area contributed by atoms with E-state index in [2.05, 4.69) is 36.2 Å². The molecule has 0 bridgehead atoms. The van der Waals surface area contributed by atoms with Crippen molar-refractivity contribution in [1.29, 1.82) is 0 Å². The maximum absolute atomic E-state index is 5.12. The van der Waals surface area contributed by atoms with Gasteiger partial charge in [0.1, 0.15) is 6.61 Å².